The number of carbonyl (C=O) groups is 2. The van der Waals surface area contributed by atoms with E-state index in [1.807, 2.05) is 6.07 Å². The van der Waals surface area contributed by atoms with Gasteiger partial charge in [-0.3, -0.25) is 14.3 Å². The van der Waals surface area contributed by atoms with Crippen molar-refractivity contribution in [3.63, 3.8) is 0 Å². The molecule has 1 aliphatic rings. The van der Waals surface area contributed by atoms with Crippen molar-refractivity contribution >= 4 is 86.4 Å². The summed E-state index contributed by atoms with van der Waals surface area (Å²) < 4.78 is 0.340. The maximum Gasteiger partial charge on any atom is 0.231 e. The second-order valence-electron chi connectivity index (χ2n) is 8.64. The van der Waals surface area contributed by atoms with E-state index in [1.54, 1.807) is 54.5 Å². The highest BCUT2D eigenvalue weighted by Crippen LogP contribution is 2.65. The van der Waals surface area contributed by atoms with Crippen LogP contribution in [-0.2, 0) is 18.3 Å². The van der Waals surface area contributed by atoms with Gasteiger partial charge in [0, 0.05) is 52.3 Å². The molecule has 1 N–H and O–H groups in total. The number of hydrogen-bond donors (Lipinski definition) is 1. The quantitative estimate of drug-likeness (QED) is 0.199. The molecule has 11 heteroatoms. The zero-order valence-electron chi connectivity index (χ0n) is 18.6. The number of nitrogens with zero attached hydrogens (tertiary/aromatic N) is 3. The Balaban J connectivity index is 1.33. The SMILES string of the molecule is Cn1ncc2cc(CC(=O)c3cc(NC(=O)C4C(c5cc(Cl)cc(Cl)c5)C4(Cl)Cl)ccc3Cl)cnc21. The van der Waals surface area contributed by atoms with Crippen LogP contribution in [0.2, 0.25) is 15.1 Å². The number of benzene rings is 2. The number of Topliss-reactive ketones (excluding diaryl/α,β-unsaturated/α-hetero) is 1. The van der Waals surface area contributed by atoms with Crippen LogP contribution in [0.1, 0.15) is 27.4 Å². The molecule has 0 spiro atoms. The zero-order chi connectivity index (χ0) is 25.8. The standard InChI is InChI=1S/C25H17Cl5N4O2/c1-34-23-14(11-32-34)4-12(10-31-23)5-20(35)18-9-17(2-3-19(18)28)33-24(36)22-21(25(22,29)30)13-6-15(26)8-16(27)7-13/h2-4,6-11,21-22H,5H2,1H3,(H,33,36). The largest absolute Gasteiger partial charge is 0.326 e. The molecule has 184 valence electrons. The van der Waals surface area contributed by atoms with E-state index in [0.717, 1.165) is 16.6 Å². The van der Waals surface area contributed by atoms with E-state index in [4.69, 9.17) is 58.0 Å². The van der Waals surface area contributed by atoms with Crippen molar-refractivity contribution in [2.24, 2.45) is 13.0 Å². The molecule has 5 rings (SSSR count). The molecule has 0 bridgehead atoms. The van der Waals surface area contributed by atoms with E-state index >= 15 is 0 Å². The Hall–Kier alpha value is -2.35. The number of amides is 1. The number of carbonyl (C=O) groups excluding carboxylic acids is 2. The van der Waals surface area contributed by atoms with Gasteiger partial charge in [-0.25, -0.2) is 4.98 Å². The van der Waals surface area contributed by atoms with Gasteiger partial charge >= 0.3 is 0 Å². The fourth-order valence-corrected chi connectivity index (χ4v) is 5.92. The summed E-state index contributed by atoms with van der Waals surface area (Å²) in [5.74, 6) is -1.83. The minimum absolute atomic E-state index is 0.0850. The smallest absolute Gasteiger partial charge is 0.231 e. The zero-order valence-corrected chi connectivity index (χ0v) is 22.4. The summed E-state index contributed by atoms with van der Waals surface area (Å²) in [5.41, 5.74) is 2.79. The molecule has 6 nitrogen and oxygen atoms in total. The average molecular weight is 583 g/mol. The lowest BCUT2D eigenvalue weighted by Gasteiger charge is -2.09. The number of anilines is 1. The fourth-order valence-electron chi connectivity index (χ4n) is 4.33. The first-order chi connectivity index (χ1) is 17.0. The van der Waals surface area contributed by atoms with Crippen LogP contribution in [0.5, 0.6) is 0 Å². The first-order valence-electron chi connectivity index (χ1n) is 10.8. The molecule has 0 radical (unpaired) electrons. The van der Waals surface area contributed by atoms with Gasteiger partial charge in [-0.05, 0) is 53.6 Å². The minimum Gasteiger partial charge on any atom is -0.326 e. The highest BCUT2D eigenvalue weighted by atomic mass is 35.5. The molecule has 1 fully saturated rings. The van der Waals surface area contributed by atoms with Crippen LogP contribution in [-0.4, -0.2) is 30.8 Å². The molecular weight excluding hydrogens is 566 g/mol. The maximum absolute atomic E-state index is 13.1. The lowest BCUT2D eigenvalue weighted by molar-refractivity contribution is -0.117. The number of ketones is 1. The average Bonchev–Trinajstić information content (AvgIpc) is 3.21. The Morgan fingerprint density at radius 1 is 1.03 bits per heavy atom. The summed E-state index contributed by atoms with van der Waals surface area (Å²) in [6.07, 6.45) is 3.41. The van der Waals surface area contributed by atoms with E-state index < -0.39 is 22.1 Å². The molecular formula is C25H17Cl5N4O2. The van der Waals surface area contributed by atoms with E-state index in [2.05, 4.69) is 15.4 Å². The first-order valence-corrected chi connectivity index (χ1v) is 12.7. The predicted molar refractivity (Wildman–Crippen MR) is 144 cm³/mol. The van der Waals surface area contributed by atoms with Gasteiger partial charge in [0.1, 0.15) is 4.33 Å². The molecule has 4 aromatic rings. The van der Waals surface area contributed by atoms with Crippen molar-refractivity contribution in [2.45, 2.75) is 16.7 Å². The molecule has 2 aromatic heterocycles. The van der Waals surface area contributed by atoms with Crippen molar-refractivity contribution in [1.29, 1.82) is 0 Å². The van der Waals surface area contributed by atoms with Gasteiger partial charge < -0.3 is 5.32 Å². The molecule has 2 atom stereocenters. The Kier molecular flexibility index (Phi) is 6.68. The van der Waals surface area contributed by atoms with Gasteiger partial charge in [-0.1, -0.05) is 34.8 Å². The summed E-state index contributed by atoms with van der Waals surface area (Å²) >= 11 is 31.4. The first kappa shape index (κ1) is 25.3. The highest BCUT2D eigenvalue weighted by Gasteiger charge is 2.67. The number of rotatable bonds is 6. The molecule has 2 heterocycles. The second kappa shape index (κ2) is 9.51. The Bertz CT molecular complexity index is 1510. The van der Waals surface area contributed by atoms with E-state index in [1.165, 1.54) is 6.07 Å². The molecule has 1 amide bonds. The van der Waals surface area contributed by atoms with Crippen molar-refractivity contribution in [1.82, 2.24) is 14.8 Å². The number of alkyl halides is 2. The van der Waals surface area contributed by atoms with Crippen LogP contribution in [0.15, 0.2) is 54.9 Å². The third kappa shape index (κ3) is 4.81. The van der Waals surface area contributed by atoms with E-state index in [-0.39, 0.29) is 22.8 Å². The number of aromatic nitrogens is 3. The van der Waals surface area contributed by atoms with Crippen molar-refractivity contribution in [3.8, 4) is 0 Å². The van der Waals surface area contributed by atoms with Gasteiger partial charge in [0.05, 0.1) is 17.1 Å². The Labute approximate surface area is 231 Å². The fraction of sp³-hybridized carbons (Fsp3) is 0.200. The van der Waals surface area contributed by atoms with E-state index in [9.17, 15) is 9.59 Å². The molecule has 0 saturated heterocycles. The third-order valence-corrected chi connectivity index (χ3v) is 7.81. The number of nitrogens with one attached hydrogen (secondary N) is 1. The van der Waals surface area contributed by atoms with Gasteiger partial charge in [-0.15, -0.1) is 23.2 Å². The van der Waals surface area contributed by atoms with Gasteiger partial charge in [0.15, 0.2) is 11.4 Å². The Morgan fingerprint density at radius 3 is 2.47 bits per heavy atom. The van der Waals surface area contributed by atoms with Crippen LogP contribution < -0.4 is 5.32 Å². The maximum atomic E-state index is 13.1. The summed E-state index contributed by atoms with van der Waals surface area (Å²) in [4.78, 5) is 30.5. The summed E-state index contributed by atoms with van der Waals surface area (Å²) in [5, 5.41) is 8.91. The molecule has 2 aromatic carbocycles. The summed E-state index contributed by atoms with van der Waals surface area (Å²) in [6.45, 7) is 0. The lowest BCUT2D eigenvalue weighted by Crippen LogP contribution is -2.17. The second-order valence-corrected chi connectivity index (χ2v) is 11.4. The van der Waals surface area contributed by atoms with E-state index in [0.29, 0.717) is 21.3 Å². The molecule has 1 saturated carbocycles. The summed E-state index contributed by atoms with van der Waals surface area (Å²) in [6, 6.07) is 11.5. The van der Waals surface area contributed by atoms with Gasteiger partial charge in [0.2, 0.25) is 5.91 Å². The van der Waals surface area contributed by atoms with Crippen LogP contribution in [0.4, 0.5) is 5.69 Å². The molecule has 36 heavy (non-hydrogen) atoms. The predicted octanol–water partition coefficient (Wildman–Crippen LogP) is 6.88. The monoisotopic (exact) mass is 580 g/mol. The van der Waals surface area contributed by atoms with Gasteiger partial charge in [-0.2, -0.15) is 5.10 Å². The number of fused-ring (bicyclic) bond motifs is 1. The third-order valence-electron chi connectivity index (χ3n) is 6.11. The normalized spacial score (nSPS) is 18.3. The number of hydrogen-bond acceptors (Lipinski definition) is 4. The highest BCUT2D eigenvalue weighted by molar-refractivity contribution is 6.53. The number of aryl methyl sites for hydroxylation is 1. The van der Waals surface area contributed by atoms with Crippen LogP contribution >= 0.6 is 58.0 Å². The number of pyridine rings is 1. The molecule has 1 aliphatic carbocycles. The van der Waals surface area contributed by atoms with Gasteiger partial charge in [0.25, 0.3) is 0 Å². The Morgan fingerprint density at radius 2 is 1.75 bits per heavy atom. The molecule has 2 unspecified atom stereocenters. The van der Waals surface area contributed by atoms with Crippen molar-refractivity contribution in [2.75, 3.05) is 5.32 Å². The lowest BCUT2D eigenvalue weighted by atomic mass is 10.0. The molecule has 0 aliphatic heterocycles. The topological polar surface area (TPSA) is 76.9 Å². The van der Waals surface area contributed by atoms with Crippen molar-refractivity contribution in [3.05, 3.63) is 86.6 Å². The number of halogens is 5. The van der Waals surface area contributed by atoms with Crippen LogP contribution in [0.25, 0.3) is 11.0 Å². The summed E-state index contributed by atoms with van der Waals surface area (Å²) in [7, 11) is 1.80. The van der Waals surface area contributed by atoms with Crippen molar-refractivity contribution < 1.29 is 9.59 Å². The minimum atomic E-state index is -1.32. The van der Waals surface area contributed by atoms with Crippen LogP contribution in [0.3, 0.4) is 0 Å². The van der Waals surface area contributed by atoms with Crippen LogP contribution in [0, 0.1) is 5.92 Å².